The molecule has 0 aromatic heterocycles. The van der Waals surface area contributed by atoms with E-state index in [1.807, 2.05) is 38.1 Å². The quantitative estimate of drug-likeness (QED) is 0.791. The molecule has 4 heteroatoms. The molecule has 1 atom stereocenters. The van der Waals surface area contributed by atoms with Gasteiger partial charge in [0.05, 0.1) is 19.3 Å². The Balaban J connectivity index is 2.55. The van der Waals surface area contributed by atoms with Crippen LogP contribution in [0.4, 0.5) is 0 Å². The number of carbonyl (C=O) groups is 1. The largest absolute Gasteiger partial charge is 0.496 e. The number of rotatable bonds is 7. The monoisotopic (exact) mass is 265 g/mol. The Kier molecular flexibility index (Phi) is 5.83. The Labute approximate surface area is 114 Å². The molecule has 0 bridgehead atoms. The van der Waals surface area contributed by atoms with E-state index in [4.69, 9.17) is 4.74 Å². The molecule has 2 N–H and O–H groups in total. The van der Waals surface area contributed by atoms with Crippen LogP contribution in [0.5, 0.6) is 5.75 Å². The fourth-order valence-electron chi connectivity index (χ4n) is 1.80. The minimum atomic E-state index is -0.530. The molecule has 106 valence electrons. The van der Waals surface area contributed by atoms with Crippen molar-refractivity contribution in [2.24, 2.45) is 0 Å². The highest BCUT2D eigenvalue weighted by Crippen LogP contribution is 2.19. The van der Waals surface area contributed by atoms with Crippen LogP contribution in [0.2, 0.25) is 0 Å². The molecule has 0 radical (unpaired) electrons. The van der Waals surface area contributed by atoms with Crippen LogP contribution in [-0.2, 0) is 11.2 Å². The van der Waals surface area contributed by atoms with E-state index in [0.717, 1.165) is 11.3 Å². The van der Waals surface area contributed by atoms with E-state index < -0.39 is 5.54 Å². The van der Waals surface area contributed by atoms with Gasteiger partial charge in [0.15, 0.2) is 0 Å². The van der Waals surface area contributed by atoms with Crippen LogP contribution in [0.3, 0.4) is 0 Å². The van der Waals surface area contributed by atoms with E-state index in [-0.39, 0.29) is 12.5 Å². The van der Waals surface area contributed by atoms with Gasteiger partial charge in [-0.25, -0.2) is 0 Å². The lowest BCUT2D eigenvalue weighted by Crippen LogP contribution is -2.48. The molecule has 1 aromatic rings. The number of para-hydroxylation sites is 1. The van der Waals surface area contributed by atoms with Gasteiger partial charge in [0.1, 0.15) is 5.75 Å². The minimum absolute atomic E-state index is 0.0516. The predicted octanol–water partition coefficient (Wildman–Crippen LogP) is 1.91. The number of aliphatic hydroxyl groups excluding tert-OH is 1. The third-order valence-electron chi connectivity index (χ3n) is 3.38. The third kappa shape index (κ3) is 4.56. The summed E-state index contributed by atoms with van der Waals surface area (Å²) in [6.07, 6.45) is 1.71. The van der Waals surface area contributed by atoms with Crippen molar-refractivity contribution >= 4 is 5.91 Å². The Morgan fingerprint density at radius 3 is 2.68 bits per heavy atom. The highest BCUT2D eigenvalue weighted by Gasteiger charge is 2.22. The second-order valence-corrected chi connectivity index (χ2v) is 4.93. The number of hydrogen-bond acceptors (Lipinski definition) is 3. The van der Waals surface area contributed by atoms with E-state index in [1.165, 1.54) is 0 Å². The zero-order valence-corrected chi connectivity index (χ0v) is 11.9. The molecule has 0 spiro atoms. The zero-order chi connectivity index (χ0) is 14.3. The van der Waals surface area contributed by atoms with Gasteiger partial charge in [-0.15, -0.1) is 0 Å². The molecular formula is C15H23NO3. The maximum absolute atomic E-state index is 11.9. The number of nitrogens with one attached hydrogen (secondary N) is 1. The van der Waals surface area contributed by atoms with Crippen molar-refractivity contribution in [3.63, 3.8) is 0 Å². The zero-order valence-electron chi connectivity index (χ0n) is 11.9. The first-order valence-corrected chi connectivity index (χ1v) is 6.58. The normalized spacial score (nSPS) is 13.7. The van der Waals surface area contributed by atoms with Crippen molar-refractivity contribution < 1.29 is 14.6 Å². The molecule has 0 saturated carbocycles. The van der Waals surface area contributed by atoms with Gasteiger partial charge in [-0.05, 0) is 31.4 Å². The molecule has 1 aromatic carbocycles. The number of hydrogen-bond donors (Lipinski definition) is 2. The highest BCUT2D eigenvalue weighted by atomic mass is 16.5. The number of amides is 1. The number of aliphatic hydroxyl groups is 1. The fourth-order valence-corrected chi connectivity index (χ4v) is 1.80. The molecule has 1 rings (SSSR count). The Morgan fingerprint density at radius 2 is 2.11 bits per heavy atom. The summed E-state index contributed by atoms with van der Waals surface area (Å²) >= 11 is 0. The first-order valence-electron chi connectivity index (χ1n) is 6.58. The summed E-state index contributed by atoms with van der Waals surface area (Å²) in [5, 5.41) is 12.1. The van der Waals surface area contributed by atoms with E-state index >= 15 is 0 Å². The molecule has 0 aliphatic carbocycles. The number of methoxy groups -OCH3 is 1. The number of carbonyl (C=O) groups excluding carboxylic acids is 1. The molecule has 1 unspecified atom stereocenters. The molecular weight excluding hydrogens is 242 g/mol. The lowest BCUT2D eigenvalue weighted by Gasteiger charge is -2.27. The first kappa shape index (κ1) is 15.5. The minimum Gasteiger partial charge on any atom is -0.496 e. The van der Waals surface area contributed by atoms with Crippen LogP contribution in [0.25, 0.3) is 0 Å². The van der Waals surface area contributed by atoms with Crippen LogP contribution in [0.1, 0.15) is 32.3 Å². The highest BCUT2D eigenvalue weighted by molar-refractivity contribution is 5.77. The van der Waals surface area contributed by atoms with Crippen molar-refractivity contribution in [3.8, 4) is 5.75 Å². The van der Waals surface area contributed by atoms with Gasteiger partial charge in [0, 0.05) is 6.42 Å². The van der Waals surface area contributed by atoms with Gasteiger partial charge in [0.25, 0.3) is 0 Å². The summed E-state index contributed by atoms with van der Waals surface area (Å²) in [4.78, 5) is 11.9. The molecule has 0 fully saturated rings. The van der Waals surface area contributed by atoms with Gasteiger partial charge in [-0.1, -0.05) is 25.1 Å². The maximum Gasteiger partial charge on any atom is 0.220 e. The van der Waals surface area contributed by atoms with Crippen molar-refractivity contribution in [2.75, 3.05) is 13.7 Å². The summed E-state index contributed by atoms with van der Waals surface area (Å²) in [6, 6.07) is 7.68. The van der Waals surface area contributed by atoms with Crippen LogP contribution < -0.4 is 10.1 Å². The molecule has 0 aliphatic heterocycles. The number of aryl methyl sites for hydroxylation is 1. The Morgan fingerprint density at radius 1 is 1.42 bits per heavy atom. The summed E-state index contributed by atoms with van der Waals surface area (Å²) in [5.74, 6) is 0.750. The summed E-state index contributed by atoms with van der Waals surface area (Å²) < 4.78 is 5.25. The van der Waals surface area contributed by atoms with Gasteiger partial charge in [0.2, 0.25) is 5.91 Å². The van der Waals surface area contributed by atoms with E-state index in [0.29, 0.717) is 19.3 Å². The summed E-state index contributed by atoms with van der Waals surface area (Å²) in [6.45, 7) is 3.73. The molecule has 0 heterocycles. The molecule has 19 heavy (non-hydrogen) atoms. The standard InChI is InChI=1S/C15H23NO3/c1-4-15(2,11-17)16-14(18)10-9-12-7-5-6-8-13(12)19-3/h5-8,17H,4,9-11H2,1-3H3,(H,16,18). The summed E-state index contributed by atoms with van der Waals surface area (Å²) in [7, 11) is 1.62. The van der Waals surface area contributed by atoms with Crippen molar-refractivity contribution in [3.05, 3.63) is 29.8 Å². The van der Waals surface area contributed by atoms with Crippen LogP contribution in [0.15, 0.2) is 24.3 Å². The number of ether oxygens (including phenoxy) is 1. The lowest BCUT2D eigenvalue weighted by molar-refractivity contribution is -0.123. The van der Waals surface area contributed by atoms with Crippen molar-refractivity contribution in [2.45, 2.75) is 38.6 Å². The second kappa shape index (κ2) is 7.14. The van der Waals surface area contributed by atoms with E-state index in [1.54, 1.807) is 7.11 Å². The van der Waals surface area contributed by atoms with E-state index in [2.05, 4.69) is 5.32 Å². The fraction of sp³-hybridized carbons (Fsp3) is 0.533. The second-order valence-electron chi connectivity index (χ2n) is 4.93. The number of benzene rings is 1. The molecule has 0 saturated heterocycles. The first-order chi connectivity index (χ1) is 9.04. The topological polar surface area (TPSA) is 58.6 Å². The van der Waals surface area contributed by atoms with Gasteiger partial charge < -0.3 is 15.2 Å². The Bertz CT molecular complexity index is 414. The average molecular weight is 265 g/mol. The van der Waals surface area contributed by atoms with Gasteiger partial charge in [-0.2, -0.15) is 0 Å². The van der Waals surface area contributed by atoms with E-state index in [9.17, 15) is 9.90 Å². The molecule has 0 aliphatic rings. The smallest absolute Gasteiger partial charge is 0.220 e. The maximum atomic E-state index is 11.9. The van der Waals surface area contributed by atoms with Crippen LogP contribution in [0, 0.1) is 0 Å². The molecule has 1 amide bonds. The van der Waals surface area contributed by atoms with Crippen molar-refractivity contribution in [1.82, 2.24) is 5.32 Å². The summed E-state index contributed by atoms with van der Waals surface area (Å²) in [5.41, 5.74) is 0.486. The molecule has 4 nitrogen and oxygen atoms in total. The van der Waals surface area contributed by atoms with Crippen LogP contribution in [-0.4, -0.2) is 30.3 Å². The SMILES string of the molecule is CCC(C)(CO)NC(=O)CCc1ccccc1OC. The van der Waals surface area contributed by atoms with Crippen LogP contribution >= 0.6 is 0 Å². The van der Waals surface area contributed by atoms with Crippen molar-refractivity contribution in [1.29, 1.82) is 0 Å². The lowest BCUT2D eigenvalue weighted by atomic mass is 9.99. The Hall–Kier alpha value is -1.55. The van der Waals surface area contributed by atoms with Gasteiger partial charge in [-0.3, -0.25) is 4.79 Å². The van der Waals surface area contributed by atoms with Gasteiger partial charge >= 0.3 is 0 Å². The third-order valence-corrected chi connectivity index (χ3v) is 3.38. The predicted molar refractivity (Wildman–Crippen MR) is 75.2 cm³/mol. The average Bonchev–Trinajstić information content (AvgIpc) is 2.45.